The van der Waals surface area contributed by atoms with Crippen LogP contribution in [0.3, 0.4) is 0 Å². The summed E-state index contributed by atoms with van der Waals surface area (Å²) >= 11 is 0. The van der Waals surface area contributed by atoms with E-state index < -0.39 is 0 Å². The van der Waals surface area contributed by atoms with Crippen LogP contribution in [0.5, 0.6) is 0 Å². The van der Waals surface area contributed by atoms with E-state index in [0.29, 0.717) is 24.7 Å². The van der Waals surface area contributed by atoms with Crippen molar-refractivity contribution in [1.82, 2.24) is 4.98 Å². The molecule has 0 amide bonds. The molecular weight excluding hydrogens is 338 g/mol. The Morgan fingerprint density at radius 3 is 2.67 bits per heavy atom. The molecule has 0 aliphatic heterocycles. The van der Waals surface area contributed by atoms with Gasteiger partial charge in [-0.15, -0.1) is 0 Å². The van der Waals surface area contributed by atoms with E-state index in [2.05, 4.69) is 17.4 Å². The molecule has 0 saturated carbocycles. The summed E-state index contributed by atoms with van der Waals surface area (Å²) in [5.74, 6) is 0.544. The fourth-order valence-electron chi connectivity index (χ4n) is 3.03. The highest BCUT2D eigenvalue weighted by molar-refractivity contribution is 5.85. The van der Waals surface area contributed by atoms with Crippen LogP contribution in [-0.4, -0.2) is 25.2 Å². The molecule has 0 fully saturated rings. The summed E-state index contributed by atoms with van der Waals surface area (Å²) in [6.45, 7) is 1.30. The molecule has 136 valence electrons. The molecule has 5 nitrogen and oxygen atoms in total. The number of nitrogens with zero attached hydrogens (tertiary/aromatic N) is 1. The molecule has 4 aromatic rings. The van der Waals surface area contributed by atoms with Gasteiger partial charge in [0.05, 0.1) is 12.2 Å². The first kappa shape index (κ1) is 17.1. The number of nitrogens with two attached hydrogens (primary N) is 1. The molecule has 27 heavy (non-hydrogen) atoms. The largest absolute Gasteiger partial charge is 0.436 e. The first-order valence-electron chi connectivity index (χ1n) is 8.83. The fraction of sp³-hybridized carbons (Fsp3) is 0.136. The lowest BCUT2D eigenvalue weighted by Gasteiger charge is -2.10. The lowest BCUT2D eigenvalue weighted by Crippen LogP contribution is -2.08. The van der Waals surface area contributed by atoms with E-state index in [4.69, 9.17) is 19.9 Å². The summed E-state index contributed by atoms with van der Waals surface area (Å²) in [4.78, 5) is 4.71. The van der Waals surface area contributed by atoms with Crippen LogP contribution in [0.4, 0.5) is 11.4 Å². The number of rotatable bonds is 6. The van der Waals surface area contributed by atoms with Gasteiger partial charge in [0.15, 0.2) is 5.58 Å². The number of nitrogens with one attached hydrogen (secondary N) is 1. The third-order valence-electron chi connectivity index (χ3n) is 4.39. The Kier molecular flexibility index (Phi) is 4.77. The average molecular weight is 359 g/mol. The van der Waals surface area contributed by atoms with E-state index in [-0.39, 0.29) is 0 Å². The molecule has 0 atom stereocenters. The zero-order valence-electron chi connectivity index (χ0n) is 15.1. The number of hydrogen-bond donors (Lipinski definition) is 2. The van der Waals surface area contributed by atoms with Crippen LogP contribution >= 0.6 is 0 Å². The Hall–Kier alpha value is -3.31. The van der Waals surface area contributed by atoms with Crippen molar-refractivity contribution in [3.63, 3.8) is 0 Å². The molecule has 1 aromatic heterocycles. The van der Waals surface area contributed by atoms with Crippen molar-refractivity contribution in [1.29, 1.82) is 0 Å². The lowest BCUT2D eigenvalue weighted by molar-refractivity contribution is 0.211. The summed E-state index contributed by atoms with van der Waals surface area (Å²) in [6.07, 6.45) is 0. The SMILES string of the molecule is COCCNc1ccc(N)cc1-c1nc2cc(-c3ccccc3)ccc2o1. The Bertz CT molecular complexity index is 1060. The number of ether oxygens (including phenoxy) is 1. The highest BCUT2D eigenvalue weighted by Gasteiger charge is 2.14. The average Bonchev–Trinajstić information content (AvgIpc) is 3.13. The van der Waals surface area contributed by atoms with Crippen LogP contribution in [0, 0.1) is 0 Å². The number of benzene rings is 3. The Morgan fingerprint density at radius 2 is 1.85 bits per heavy atom. The minimum absolute atomic E-state index is 0.544. The molecule has 0 aliphatic rings. The fourth-order valence-corrected chi connectivity index (χ4v) is 3.03. The molecule has 1 heterocycles. The number of hydrogen-bond acceptors (Lipinski definition) is 5. The van der Waals surface area contributed by atoms with Gasteiger partial charge in [-0.1, -0.05) is 36.4 Å². The first-order chi connectivity index (χ1) is 13.2. The van der Waals surface area contributed by atoms with Crippen LogP contribution in [-0.2, 0) is 4.74 Å². The van der Waals surface area contributed by atoms with Gasteiger partial charge in [0.25, 0.3) is 0 Å². The Labute approximate surface area is 157 Å². The summed E-state index contributed by atoms with van der Waals surface area (Å²) in [5.41, 5.74) is 12.2. The summed E-state index contributed by atoms with van der Waals surface area (Å²) in [6, 6.07) is 21.9. The van der Waals surface area contributed by atoms with Gasteiger partial charge in [0.1, 0.15) is 5.52 Å². The van der Waals surface area contributed by atoms with Crippen molar-refractivity contribution >= 4 is 22.5 Å². The number of aromatic nitrogens is 1. The van der Waals surface area contributed by atoms with Gasteiger partial charge in [-0.2, -0.15) is 0 Å². The van der Waals surface area contributed by atoms with E-state index in [9.17, 15) is 0 Å². The van der Waals surface area contributed by atoms with Crippen molar-refractivity contribution < 1.29 is 9.15 Å². The molecule has 0 unspecified atom stereocenters. The zero-order chi connectivity index (χ0) is 18.6. The molecular formula is C22H21N3O2. The van der Waals surface area contributed by atoms with Gasteiger partial charge in [0.2, 0.25) is 5.89 Å². The predicted molar refractivity (Wildman–Crippen MR) is 110 cm³/mol. The van der Waals surface area contributed by atoms with Gasteiger partial charge >= 0.3 is 0 Å². The van der Waals surface area contributed by atoms with Crippen LogP contribution in [0.15, 0.2) is 71.1 Å². The second-order valence-corrected chi connectivity index (χ2v) is 6.29. The minimum Gasteiger partial charge on any atom is -0.436 e. The maximum Gasteiger partial charge on any atom is 0.229 e. The molecule has 0 bridgehead atoms. The van der Waals surface area contributed by atoms with Crippen molar-refractivity contribution in [2.75, 3.05) is 31.3 Å². The number of fused-ring (bicyclic) bond motifs is 1. The van der Waals surface area contributed by atoms with E-state index >= 15 is 0 Å². The van der Waals surface area contributed by atoms with E-state index in [0.717, 1.165) is 33.5 Å². The maximum absolute atomic E-state index is 6.01. The standard InChI is InChI=1S/C22H21N3O2/c1-26-12-11-24-19-9-8-17(23)14-18(19)22-25-20-13-16(7-10-21(20)27-22)15-5-3-2-4-6-15/h2-10,13-14,24H,11-12,23H2,1H3. The van der Waals surface area contributed by atoms with E-state index in [1.165, 1.54) is 0 Å². The van der Waals surface area contributed by atoms with Gasteiger partial charge in [-0.3, -0.25) is 0 Å². The zero-order valence-corrected chi connectivity index (χ0v) is 15.1. The predicted octanol–water partition coefficient (Wildman–Crippen LogP) is 4.80. The monoisotopic (exact) mass is 359 g/mol. The molecule has 5 heteroatoms. The normalized spacial score (nSPS) is 11.0. The molecule has 3 N–H and O–H groups in total. The number of anilines is 2. The van der Waals surface area contributed by atoms with E-state index in [1.54, 1.807) is 7.11 Å². The number of nitrogen functional groups attached to an aromatic ring is 1. The first-order valence-corrected chi connectivity index (χ1v) is 8.83. The third kappa shape index (κ3) is 3.64. The molecule has 0 saturated heterocycles. The highest BCUT2D eigenvalue weighted by Crippen LogP contribution is 2.33. The smallest absolute Gasteiger partial charge is 0.229 e. The number of methoxy groups -OCH3 is 1. The minimum atomic E-state index is 0.544. The molecule has 0 radical (unpaired) electrons. The van der Waals surface area contributed by atoms with Crippen molar-refractivity contribution in [2.24, 2.45) is 0 Å². The van der Waals surface area contributed by atoms with Crippen LogP contribution in [0.1, 0.15) is 0 Å². The van der Waals surface area contributed by atoms with Crippen molar-refractivity contribution in [3.05, 3.63) is 66.7 Å². The molecule has 3 aromatic carbocycles. The summed E-state index contributed by atoms with van der Waals surface area (Å²) < 4.78 is 11.1. The second kappa shape index (κ2) is 7.51. The molecule has 0 spiro atoms. The summed E-state index contributed by atoms with van der Waals surface area (Å²) in [7, 11) is 1.68. The van der Waals surface area contributed by atoms with Gasteiger partial charge in [-0.25, -0.2) is 4.98 Å². The highest BCUT2D eigenvalue weighted by atomic mass is 16.5. The van der Waals surface area contributed by atoms with Gasteiger partial charge in [-0.05, 0) is 41.5 Å². The van der Waals surface area contributed by atoms with Crippen LogP contribution in [0.2, 0.25) is 0 Å². The van der Waals surface area contributed by atoms with E-state index in [1.807, 2.05) is 54.6 Å². The summed E-state index contributed by atoms with van der Waals surface area (Å²) in [5, 5.41) is 3.34. The quantitative estimate of drug-likeness (QED) is 0.382. The van der Waals surface area contributed by atoms with Crippen LogP contribution < -0.4 is 11.1 Å². The van der Waals surface area contributed by atoms with Crippen molar-refractivity contribution in [3.8, 4) is 22.6 Å². The molecule has 0 aliphatic carbocycles. The Morgan fingerprint density at radius 1 is 1.00 bits per heavy atom. The molecule has 4 rings (SSSR count). The van der Waals surface area contributed by atoms with Gasteiger partial charge in [0, 0.05) is 25.0 Å². The Balaban J connectivity index is 1.73. The van der Waals surface area contributed by atoms with Crippen LogP contribution in [0.25, 0.3) is 33.7 Å². The number of oxazole rings is 1. The lowest BCUT2D eigenvalue weighted by atomic mass is 10.1. The second-order valence-electron chi connectivity index (χ2n) is 6.29. The van der Waals surface area contributed by atoms with Gasteiger partial charge < -0.3 is 20.2 Å². The van der Waals surface area contributed by atoms with Crippen molar-refractivity contribution in [2.45, 2.75) is 0 Å². The topological polar surface area (TPSA) is 73.3 Å². The third-order valence-corrected chi connectivity index (χ3v) is 4.39. The maximum atomic E-state index is 6.01.